The van der Waals surface area contributed by atoms with Gasteiger partial charge in [0.05, 0.1) is 18.7 Å². The molecular formula is C21H22BrF2N3O. The van der Waals surface area contributed by atoms with Gasteiger partial charge in [-0.3, -0.25) is 0 Å². The van der Waals surface area contributed by atoms with Crippen molar-refractivity contribution in [3.05, 3.63) is 57.3 Å². The van der Waals surface area contributed by atoms with Crippen molar-refractivity contribution in [3.8, 4) is 0 Å². The van der Waals surface area contributed by atoms with Gasteiger partial charge in [-0.2, -0.15) is 0 Å². The van der Waals surface area contributed by atoms with Crippen LogP contribution in [0.5, 0.6) is 0 Å². The van der Waals surface area contributed by atoms with Crippen LogP contribution in [0.1, 0.15) is 22.5 Å². The summed E-state index contributed by atoms with van der Waals surface area (Å²) in [5.41, 5.74) is 5.21. The van der Waals surface area contributed by atoms with E-state index in [0.717, 1.165) is 45.4 Å². The smallest absolute Gasteiger partial charge is 0.147 e. The Morgan fingerprint density at radius 2 is 1.86 bits per heavy atom. The van der Waals surface area contributed by atoms with Gasteiger partial charge in [-0.1, -0.05) is 18.2 Å². The molecule has 0 aliphatic carbocycles. The first kappa shape index (κ1) is 19.3. The minimum Gasteiger partial charge on any atom is -0.378 e. The second kappa shape index (κ2) is 8.17. The third-order valence-corrected chi connectivity index (χ3v) is 6.00. The van der Waals surface area contributed by atoms with Crippen LogP contribution in [0.2, 0.25) is 0 Å². The molecule has 0 amide bonds. The molecule has 4 rings (SSSR count). The van der Waals surface area contributed by atoms with Crippen molar-refractivity contribution in [1.29, 1.82) is 0 Å². The normalized spacial score (nSPS) is 14.8. The highest BCUT2D eigenvalue weighted by atomic mass is 79.9. The number of alkyl halides is 2. The Hall–Kier alpha value is -1.99. The highest BCUT2D eigenvalue weighted by molar-refractivity contribution is 9.10. The number of benzene rings is 2. The summed E-state index contributed by atoms with van der Waals surface area (Å²) in [7, 11) is 0. The average Bonchev–Trinajstić information content (AvgIpc) is 3.08. The second-order valence-electron chi connectivity index (χ2n) is 6.98. The minimum atomic E-state index is -0.657. The van der Waals surface area contributed by atoms with E-state index in [2.05, 4.69) is 31.9 Å². The Bertz CT molecular complexity index is 999. The maximum Gasteiger partial charge on any atom is 0.147 e. The summed E-state index contributed by atoms with van der Waals surface area (Å²) >= 11 is 3.61. The number of imidazole rings is 1. The number of aromatic nitrogens is 2. The summed E-state index contributed by atoms with van der Waals surface area (Å²) in [5, 5.41) is 0. The number of rotatable bonds is 5. The number of ether oxygens (including phenoxy) is 1. The van der Waals surface area contributed by atoms with Crippen molar-refractivity contribution in [2.75, 3.05) is 31.2 Å². The Kier molecular flexibility index (Phi) is 5.64. The van der Waals surface area contributed by atoms with E-state index >= 15 is 0 Å². The lowest BCUT2D eigenvalue weighted by atomic mass is 10.0. The molecule has 1 aliphatic heterocycles. The van der Waals surface area contributed by atoms with Crippen molar-refractivity contribution in [3.63, 3.8) is 0 Å². The first-order chi connectivity index (χ1) is 13.6. The zero-order valence-electron chi connectivity index (χ0n) is 15.7. The molecule has 4 nitrogen and oxygen atoms in total. The van der Waals surface area contributed by atoms with Crippen LogP contribution in [0, 0.1) is 6.92 Å². The molecule has 28 heavy (non-hydrogen) atoms. The number of hydrogen-bond donors (Lipinski definition) is 0. The van der Waals surface area contributed by atoms with Gasteiger partial charge >= 0.3 is 0 Å². The number of halogens is 3. The van der Waals surface area contributed by atoms with Crippen LogP contribution >= 0.6 is 15.9 Å². The summed E-state index contributed by atoms with van der Waals surface area (Å²) in [5.74, 6) is 0.375. The zero-order valence-corrected chi connectivity index (χ0v) is 17.3. The average molecular weight is 450 g/mol. The molecule has 0 atom stereocenters. The molecule has 1 saturated heterocycles. The van der Waals surface area contributed by atoms with E-state index in [0.29, 0.717) is 31.1 Å². The van der Waals surface area contributed by atoms with Crippen LogP contribution in [0.4, 0.5) is 14.5 Å². The predicted molar refractivity (Wildman–Crippen MR) is 110 cm³/mol. The fraction of sp³-hybridized carbons (Fsp3) is 0.381. The Balaban J connectivity index is 1.81. The third kappa shape index (κ3) is 3.53. The van der Waals surface area contributed by atoms with Gasteiger partial charge in [0.1, 0.15) is 24.7 Å². The number of fused-ring (bicyclic) bond motifs is 1. The summed E-state index contributed by atoms with van der Waals surface area (Å²) in [6.45, 7) is 4.23. The van der Waals surface area contributed by atoms with Gasteiger partial charge in [-0.25, -0.2) is 13.8 Å². The topological polar surface area (TPSA) is 30.3 Å². The number of anilines is 1. The molecule has 2 aromatic carbocycles. The summed E-state index contributed by atoms with van der Waals surface area (Å²) in [4.78, 5) is 6.77. The molecule has 2 heterocycles. The fourth-order valence-corrected chi connectivity index (χ4v) is 4.25. The van der Waals surface area contributed by atoms with Gasteiger partial charge in [0.2, 0.25) is 0 Å². The third-order valence-electron chi connectivity index (χ3n) is 5.40. The second-order valence-corrected chi connectivity index (χ2v) is 7.83. The number of nitrogens with zero attached hydrogens (tertiary/aromatic N) is 3. The molecule has 0 N–H and O–H groups in total. The maximum atomic E-state index is 13.8. The van der Waals surface area contributed by atoms with Gasteiger partial charge in [-0.05, 0) is 51.7 Å². The molecule has 0 saturated carbocycles. The molecule has 0 radical (unpaired) electrons. The van der Waals surface area contributed by atoms with Crippen molar-refractivity contribution >= 4 is 32.7 Å². The van der Waals surface area contributed by atoms with Crippen molar-refractivity contribution in [2.45, 2.75) is 26.8 Å². The molecule has 7 heteroatoms. The lowest BCUT2D eigenvalue weighted by Gasteiger charge is -2.29. The largest absolute Gasteiger partial charge is 0.378 e. The van der Waals surface area contributed by atoms with Crippen LogP contribution in [0.3, 0.4) is 0 Å². The van der Waals surface area contributed by atoms with Gasteiger partial charge in [-0.15, -0.1) is 0 Å². The van der Waals surface area contributed by atoms with E-state index in [1.165, 1.54) is 0 Å². The first-order valence-electron chi connectivity index (χ1n) is 9.33. The molecule has 0 bridgehead atoms. The molecule has 1 fully saturated rings. The number of morpholine rings is 1. The fourth-order valence-electron chi connectivity index (χ4n) is 3.72. The predicted octanol–water partition coefficient (Wildman–Crippen LogP) is 4.93. The van der Waals surface area contributed by atoms with Crippen molar-refractivity contribution in [1.82, 2.24) is 9.55 Å². The Labute approximate surface area is 171 Å². The quantitative estimate of drug-likeness (QED) is 0.552. The van der Waals surface area contributed by atoms with Crippen LogP contribution in [-0.2, 0) is 24.6 Å². The van der Waals surface area contributed by atoms with E-state index in [1.807, 2.05) is 29.7 Å². The van der Waals surface area contributed by atoms with Crippen LogP contribution in [-0.4, -0.2) is 35.9 Å². The van der Waals surface area contributed by atoms with Crippen molar-refractivity contribution < 1.29 is 13.5 Å². The SMILES string of the molecule is Cc1c(CF)cccc1Cn1c(CF)nc2c(Br)cc(N3CCOCC3)cc21. The van der Waals surface area contributed by atoms with E-state index in [4.69, 9.17) is 4.74 Å². The lowest BCUT2D eigenvalue weighted by Crippen LogP contribution is -2.36. The molecular weight excluding hydrogens is 428 g/mol. The zero-order chi connectivity index (χ0) is 19.7. The first-order valence-corrected chi connectivity index (χ1v) is 10.1. The maximum absolute atomic E-state index is 13.8. The van der Waals surface area contributed by atoms with E-state index in [9.17, 15) is 8.78 Å². The van der Waals surface area contributed by atoms with E-state index < -0.39 is 13.3 Å². The van der Waals surface area contributed by atoms with Crippen LogP contribution < -0.4 is 4.90 Å². The van der Waals surface area contributed by atoms with Crippen molar-refractivity contribution in [2.24, 2.45) is 0 Å². The Morgan fingerprint density at radius 1 is 1.11 bits per heavy atom. The van der Waals surface area contributed by atoms with E-state index in [1.54, 1.807) is 6.07 Å². The lowest BCUT2D eigenvalue weighted by molar-refractivity contribution is 0.122. The molecule has 0 spiro atoms. The van der Waals surface area contributed by atoms with Crippen LogP contribution in [0.25, 0.3) is 11.0 Å². The molecule has 1 aliphatic rings. The van der Waals surface area contributed by atoms with E-state index in [-0.39, 0.29) is 0 Å². The number of hydrogen-bond acceptors (Lipinski definition) is 3. The van der Waals surface area contributed by atoms with Gasteiger partial charge in [0.15, 0.2) is 0 Å². The minimum absolute atomic E-state index is 0.375. The van der Waals surface area contributed by atoms with Gasteiger partial charge in [0, 0.05) is 29.8 Å². The summed E-state index contributed by atoms with van der Waals surface area (Å²) in [6.07, 6.45) is 0. The molecule has 1 aromatic heterocycles. The highest BCUT2D eigenvalue weighted by Gasteiger charge is 2.19. The van der Waals surface area contributed by atoms with Crippen LogP contribution in [0.15, 0.2) is 34.8 Å². The summed E-state index contributed by atoms with van der Waals surface area (Å²) in [6, 6.07) is 9.69. The standard InChI is InChI=1S/C21H22BrF2N3O/c1-14-15(11-23)3-2-4-16(14)13-27-19-10-17(26-5-7-28-8-6-26)9-18(22)21(19)25-20(27)12-24/h2-4,9-10H,5-8,11-13H2,1H3. The van der Waals surface area contributed by atoms with Gasteiger partial charge in [0.25, 0.3) is 0 Å². The highest BCUT2D eigenvalue weighted by Crippen LogP contribution is 2.32. The Morgan fingerprint density at radius 3 is 2.57 bits per heavy atom. The molecule has 0 unspecified atom stereocenters. The summed E-state index contributed by atoms with van der Waals surface area (Å²) < 4.78 is 35.2. The van der Waals surface area contributed by atoms with Gasteiger partial charge < -0.3 is 14.2 Å². The molecule has 148 valence electrons. The molecule has 3 aromatic rings. The monoisotopic (exact) mass is 449 g/mol.